The van der Waals surface area contributed by atoms with Gasteiger partial charge in [-0.15, -0.1) is 0 Å². The normalized spacial score (nSPS) is 9.00. The lowest BCUT2D eigenvalue weighted by Crippen LogP contribution is -1.83. The summed E-state index contributed by atoms with van der Waals surface area (Å²) in [5.41, 5.74) is 0. The summed E-state index contributed by atoms with van der Waals surface area (Å²) in [7, 11) is 4.90. The molecule has 3 heteroatoms. The van der Waals surface area contributed by atoms with E-state index >= 15 is 0 Å². The lowest BCUT2D eigenvalue weighted by atomic mass is 10.3. The Balaban J connectivity index is 2.88. The molecule has 0 N–H and O–H groups in total. The third-order valence-electron chi connectivity index (χ3n) is 0.950. The number of hydrogen-bond acceptors (Lipinski definition) is 1. The van der Waals surface area contributed by atoms with Crippen LogP contribution >= 0.6 is 22.6 Å². The molecule has 0 aliphatic heterocycles. The molecule has 2 radical (unpaired) electrons. The van der Waals surface area contributed by atoms with E-state index in [9.17, 15) is 0 Å². The van der Waals surface area contributed by atoms with Gasteiger partial charge in [-0.25, -0.2) is 0 Å². The van der Waals surface area contributed by atoms with E-state index in [1.54, 1.807) is 0 Å². The summed E-state index contributed by atoms with van der Waals surface area (Å²) >= 11 is 2.22. The third kappa shape index (κ3) is 1.89. The van der Waals surface area contributed by atoms with Crippen molar-refractivity contribution in [3.05, 3.63) is 27.8 Å². The minimum atomic E-state index is 0.690. The van der Waals surface area contributed by atoms with Gasteiger partial charge in [-0.1, -0.05) is 0 Å². The summed E-state index contributed by atoms with van der Waals surface area (Å²) in [5, 5.41) is 0. The van der Waals surface area contributed by atoms with Crippen molar-refractivity contribution in [2.75, 3.05) is 0 Å². The lowest BCUT2D eigenvalue weighted by molar-refractivity contribution is 0.616. The number of halogens is 1. The zero-order valence-electron chi connectivity index (χ0n) is 4.67. The minimum Gasteiger partial charge on any atom is -0.568 e. The van der Waals surface area contributed by atoms with Gasteiger partial charge in [0.2, 0.25) is 0 Å². The van der Waals surface area contributed by atoms with Crippen molar-refractivity contribution < 1.29 is 4.65 Å². The predicted octanol–water partition coefficient (Wildman–Crippen LogP) is 1.75. The first-order valence-electron chi connectivity index (χ1n) is 2.45. The second-order valence-electron chi connectivity index (χ2n) is 1.57. The van der Waals surface area contributed by atoms with E-state index < -0.39 is 0 Å². The highest BCUT2D eigenvalue weighted by Gasteiger charge is 1.86. The number of benzene rings is 1. The standard InChI is InChI=1S/C6H4BIO/c7-9-6-3-1-5(8)2-4-6/h1-4H. The molecule has 0 saturated heterocycles. The molecule has 1 aromatic carbocycles. The monoisotopic (exact) mass is 230 g/mol. The van der Waals surface area contributed by atoms with Gasteiger partial charge in [0.15, 0.2) is 0 Å². The molecule has 9 heavy (non-hydrogen) atoms. The summed E-state index contributed by atoms with van der Waals surface area (Å²) in [6.45, 7) is 0. The number of hydrogen-bond donors (Lipinski definition) is 0. The molecule has 0 unspecified atom stereocenters. The molecule has 0 atom stereocenters. The fraction of sp³-hybridized carbons (Fsp3) is 0. The Kier molecular flexibility index (Phi) is 2.39. The quantitative estimate of drug-likeness (QED) is 0.527. The summed E-state index contributed by atoms with van der Waals surface area (Å²) < 4.78 is 5.64. The van der Waals surface area contributed by atoms with Crippen LogP contribution in [0.3, 0.4) is 0 Å². The van der Waals surface area contributed by atoms with Crippen LogP contribution in [-0.2, 0) is 0 Å². The molecule has 0 aliphatic carbocycles. The average Bonchev–Trinajstić information content (AvgIpc) is 1.90. The molecule has 1 nitrogen and oxygen atoms in total. The van der Waals surface area contributed by atoms with Crippen LogP contribution in [0.5, 0.6) is 5.75 Å². The van der Waals surface area contributed by atoms with Crippen LogP contribution in [0, 0.1) is 3.57 Å². The summed E-state index contributed by atoms with van der Waals surface area (Å²) in [5.74, 6) is 0.690. The average molecular weight is 230 g/mol. The van der Waals surface area contributed by atoms with Gasteiger partial charge in [0.25, 0.3) is 0 Å². The van der Waals surface area contributed by atoms with E-state index in [1.165, 1.54) is 3.57 Å². The number of rotatable bonds is 1. The van der Waals surface area contributed by atoms with Crippen molar-refractivity contribution in [3.8, 4) is 5.75 Å². The van der Waals surface area contributed by atoms with Gasteiger partial charge in [-0.3, -0.25) is 0 Å². The topological polar surface area (TPSA) is 9.23 Å². The van der Waals surface area contributed by atoms with E-state index in [0.717, 1.165) is 0 Å². The Morgan fingerprint density at radius 2 is 1.78 bits per heavy atom. The van der Waals surface area contributed by atoms with E-state index in [0.29, 0.717) is 5.75 Å². The van der Waals surface area contributed by atoms with Crippen molar-refractivity contribution in [3.63, 3.8) is 0 Å². The molecule has 0 spiro atoms. The maximum absolute atomic E-state index is 4.90. The highest BCUT2D eigenvalue weighted by molar-refractivity contribution is 14.1. The van der Waals surface area contributed by atoms with Crippen LogP contribution in [0.2, 0.25) is 0 Å². The van der Waals surface area contributed by atoms with Crippen LogP contribution in [0.15, 0.2) is 24.3 Å². The SMILES string of the molecule is [B]Oc1ccc(I)cc1. The van der Waals surface area contributed by atoms with Crippen molar-refractivity contribution >= 4 is 30.6 Å². The van der Waals surface area contributed by atoms with Gasteiger partial charge in [0, 0.05) is 3.57 Å². The van der Waals surface area contributed by atoms with E-state index in [-0.39, 0.29) is 0 Å². The maximum Gasteiger partial charge on any atom is 0.374 e. The first-order valence-corrected chi connectivity index (χ1v) is 3.53. The first kappa shape index (κ1) is 6.93. The van der Waals surface area contributed by atoms with E-state index in [2.05, 4.69) is 27.2 Å². The van der Waals surface area contributed by atoms with Gasteiger partial charge in [-0.05, 0) is 46.9 Å². The molecule has 0 fully saturated rings. The Labute approximate surface area is 69.0 Å². The van der Waals surface area contributed by atoms with Crippen molar-refractivity contribution in [2.24, 2.45) is 0 Å². The van der Waals surface area contributed by atoms with Gasteiger partial charge in [-0.2, -0.15) is 0 Å². The molecule has 0 heterocycles. The molecule has 1 aromatic rings. The maximum atomic E-state index is 4.90. The second-order valence-corrected chi connectivity index (χ2v) is 2.82. The second kappa shape index (κ2) is 3.10. The summed E-state index contributed by atoms with van der Waals surface area (Å²) in [4.78, 5) is 0. The first-order chi connectivity index (χ1) is 4.33. The Morgan fingerprint density at radius 1 is 1.22 bits per heavy atom. The zero-order chi connectivity index (χ0) is 6.69. The predicted molar refractivity (Wildman–Crippen MR) is 45.5 cm³/mol. The van der Waals surface area contributed by atoms with Gasteiger partial charge in [0.05, 0.1) is 5.75 Å². The largest absolute Gasteiger partial charge is 0.568 e. The molecule has 1 rings (SSSR count). The van der Waals surface area contributed by atoms with Gasteiger partial charge < -0.3 is 4.65 Å². The van der Waals surface area contributed by atoms with Crippen LogP contribution in [0.25, 0.3) is 0 Å². The summed E-state index contributed by atoms with van der Waals surface area (Å²) in [6, 6.07) is 7.51. The highest BCUT2D eigenvalue weighted by atomic mass is 127. The molecule has 0 aliphatic rings. The van der Waals surface area contributed by atoms with E-state index in [4.69, 9.17) is 8.05 Å². The van der Waals surface area contributed by atoms with Crippen LogP contribution < -0.4 is 4.65 Å². The Morgan fingerprint density at radius 3 is 2.22 bits per heavy atom. The van der Waals surface area contributed by atoms with Crippen LogP contribution in [-0.4, -0.2) is 8.05 Å². The molecule has 0 amide bonds. The van der Waals surface area contributed by atoms with Crippen molar-refractivity contribution in [1.29, 1.82) is 0 Å². The van der Waals surface area contributed by atoms with Gasteiger partial charge >= 0.3 is 8.05 Å². The fourth-order valence-corrected chi connectivity index (χ4v) is 0.873. The molecular weight excluding hydrogens is 226 g/mol. The highest BCUT2D eigenvalue weighted by Crippen LogP contribution is 2.11. The molecular formula is C6H4BIO. The molecule has 0 aromatic heterocycles. The van der Waals surface area contributed by atoms with Crippen LogP contribution in [0.4, 0.5) is 0 Å². The molecule has 0 bridgehead atoms. The van der Waals surface area contributed by atoms with Crippen LogP contribution in [0.1, 0.15) is 0 Å². The van der Waals surface area contributed by atoms with Crippen molar-refractivity contribution in [2.45, 2.75) is 0 Å². The smallest absolute Gasteiger partial charge is 0.374 e. The molecule has 44 valence electrons. The minimum absolute atomic E-state index is 0.690. The molecule has 0 saturated carbocycles. The van der Waals surface area contributed by atoms with E-state index in [1.807, 2.05) is 24.3 Å². The fourth-order valence-electron chi connectivity index (χ4n) is 0.513. The lowest BCUT2D eigenvalue weighted by Gasteiger charge is -1.97. The Hall–Kier alpha value is -0.185. The third-order valence-corrected chi connectivity index (χ3v) is 1.67. The zero-order valence-corrected chi connectivity index (χ0v) is 6.83. The Bertz CT molecular complexity index is 185. The van der Waals surface area contributed by atoms with Crippen molar-refractivity contribution in [1.82, 2.24) is 0 Å². The summed E-state index contributed by atoms with van der Waals surface area (Å²) in [6.07, 6.45) is 0. The van der Waals surface area contributed by atoms with Gasteiger partial charge in [0.1, 0.15) is 0 Å².